The van der Waals surface area contributed by atoms with Gasteiger partial charge in [0, 0.05) is 11.9 Å². The van der Waals surface area contributed by atoms with Crippen LogP contribution in [0.3, 0.4) is 0 Å². The second kappa shape index (κ2) is 5.83. The smallest absolute Gasteiger partial charge is 0.413 e. The van der Waals surface area contributed by atoms with Crippen molar-refractivity contribution in [3.63, 3.8) is 0 Å². The van der Waals surface area contributed by atoms with E-state index in [0.717, 1.165) is 11.1 Å². The quantitative estimate of drug-likeness (QED) is 0.825. The monoisotopic (exact) mass is 285 g/mol. The molecule has 3 N–H and O–H groups in total. The molecular formula is C16H19N3O2. The molecule has 0 aliphatic rings. The minimum Gasteiger partial charge on any atom is -0.444 e. The summed E-state index contributed by atoms with van der Waals surface area (Å²) in [6.45, 7) is 5.43. The molecule has 0 atom stereocenters. The predicted molar refractivity (Wildman–Crippen MR) is 83.9 cm³/mol. The first kappa shape index (κ1) is 14.8. The summed E-state index contributed by atoms with van der Waals surface area (Å²) in [6.07, 6.45) is 1.10. The molecule has 0 radical (unpaired) electrons. The Balaban J connectivity index is 2.17. The summed E-state index contributed by atoms with van der Waals surface area (Å²) in [5.74, 6) is 0.434. The lowest BCUT2D eigenvalue weighted by molar-refractivity contribution is 0.0635. The predicted octanol–water partition coefficient (Wildman–Crippen LogP) is 3.68. The summed E-state index contributed by atoms with van der Waals surface area (Å²) in [4.78, 5) is 15.9. The minimum absolute atomic E-state index is 0.434. The summed E-state index contributed by atoms with van der Waals surface area (Å²) in [7, 11) is 0. The maximum absolute atomic E-state index is 11.7. The SMILES string of the molecule is CC(C)(C)OC(=O)Nc1cc(-c2cccc(N)c2)ccn1. The highest BCUT2D eigenvalue weighted by Gasteiger charge is 2.16. The van der Waals surface area contributed by atoms with E-state index < -0.39 is 11.7 Å². The number of nitrogens with two attached hydrogens (primary N) is 1. The summed E-state index contributed by atoms with van der Waals surface area (Å²) in [5, 5.41) is 2.62. The van der Waals surface area contributed by atoms with E-state index in [9.17, 15) is 4.79 Å². The normalized spacial score (nSPS) is 11.0. The summed E-state index contributed by atoms with van der Waals surface area (Å²) >= 11 is 0. The van der Waals surface area contributed by atoms with Crippen LogP contribution in [0, 0.1) is 0 Å². The molecular weight excluding hydrogens is 266 g/mol. The first-order valence-electron chi connectivity index (χ1n) is 6.65. The molecule has 5 nitrogen and oxygen atoms in total. The van der Waals surface area contributed by atoms with Gasteiger partial charge in [-0.2, -0.15) is 0 Å². The number of nitrogens with one attached hydrogen (secondary N) is 1. The fourth-order valence-electron chi connectivity index (χ4n) is 1.80. The van der Waals surface area contributed by atoms with E-state index >= 15 is 0 Å². The Labute approximate surface area is 124 Å². The summed E-state index contributed by atoms with van der Waals surface area (Å²) < 4.78 is 5.20. The maximum Gasteiger partial charge on any atom is 0.413 e. The zero-order valence-electron chi connectivity index (χ0n) is 12.4. The number of hydrogen-bond acceptors (Lipinski definition) is 4. The van der Waals surface area contributed by atoms with E-state index in [1.165, 1.54) is 0 Å². The number of carbonyl (C=O) groups is 1. The van der Waals surface area contributed by atoms with E-state index in [1.54, 1.807) is 12.3 Å². The van der Waals surface area contributed by atoms with Gasteiger partial charge in [-0.3, -0.25) is 5.32 Å². The topological polar surface area (TPSA) is 77.2 Å². The Bertz CT molecular complexity index is 648. The van der Waals surface area contributed by atoms with Gasteiger partial charge in [-0.25, -0.2) is 9.78 Å². The van der Waals surface area contributed by atoms with E-state index in [2.05, 4.69) is 10.3 Å². The number of aromatic nitrogens is 1. The molecule has 1 amide bonds. The van der Waals surface area contributed by atoms with Crippen molar-refractivity contribution in [1.29, 1.82) is 0 Å². The number of rotatable bonds is 2. The van der Waals surface area contributed by atoms with E-state index in [-0.39, 0.29) is 0 Å². The van der Waals surface area contributed by atoms with Crippen molar-refractivity contribution in [2.45, 2.75) is 26.4 Å². The fourth-order valence-corrected chi connectivity index (χ4v) is 1.80. The molecule has 0 fully saturated rings. The molecule has 0 unspecified atom stereocenters. The van der Waals surface area contributed by atoms with Crippen molar-refractivity contribution in [1.82, 2.24) is 4.98 Å². The minimum atomic E-state index is -0.546. The van der Waals surface area contributed by atoms with Crippen LogP contribution < -0.4 is 11.1 Å². The Morgan fingerprint density at radius 2 is 1.90 bits per heavy atom. The van der Waals surface area contributed by atoms with Gasteiger partial charge in [0.15, 0.2) is 0 Å². The van der Waals surface area contributed by atoms with Crippen LogP contribution in [0.25, 0.3) is 11.1 Å². The van der Waals surface area contributed by atoms with Gasteiger partial charge in [0.2, 0.25) is 0 Å². The lowest BCUT2D eigenvalue weighted by Gasteiger charge is -2.19. The molecule has 1 aromatic heterocycles. The number of nitrogen functional groups attached to an aromatic ring is 1. The average Bonchev–Trinajstić information content (AvgIpc) is 2.36. The van der Waals surface area contributed by atoms with Crippen molar-refractivity contribution < 1.29 is 9.53 Å². The van der Waals surface area contributed by atoms with Crippen LogP contribution in [0.1, 0.15) is 20.8 Å². The highest BCUT2D eigenvalue weighted by atomic mass is 16.6. The third-order valence-corrected chi connectivity index (χ3v) is 2.61. The molecule has 0 saturated carbocycles. The van der Waals surface area contributed by atoms with Crippen LogP contribution >= 0.6 is 0 Å². The zero-order valence-corrected chi connectivity index (χ0v) is 12.4. The van der Waals surface area contributed by atoms with Gasteiger partial charge < -0.3 is 10.5 Å². The van der Waals surface area contributed by atoms with Crippen LogP contribution in [-0.2, 0) is 4.74 Å². The van der Waals surface area contributed by atoms with Crippen LogP contribution in [0.4, 0.5) is 16.3 Å². The first-order chi connectivity index (χ1) is 9.83. The average molecular weight is 285 g/mol. The second-order valence-corrected chi connectivity index (χ2v) is 5.68. The standard InChI is InChI=1S/C16H19N3O2/c1-16(2,3)21-15(20)19-14-10-12(7-8-18-14)11-5-4-6-13(17)9-11/h4-10H,17H2,1-3H3,(H,18,19,20). The van der Waals surface area contributed by atoms with Crippen LogP contribution in [-0.4, -0.2) is 16.7 Å². The van der Waals surface area contributed by atoms with Crippen molar-refractivity contribution in [3.05, 3.63) is 42.6 Å². The number of hydrogen-bond donors (Lipinski definition) is 2. The van der Waals surface area contributed by atoms with Gasteiger partial charge in [-0.05, 0) is 56.2 Å². The van der Waals surface area contributed by atoms with Gasteiger partial charge >= 0.3 is 6.09 Å². The number of nitrogens with zero attached hydrogens (tertiary/aromatic N) is 1. The Morgan fingerprint density at radius 1 is 1.19 bits per heavy atom. The molecule has 5 heteroatoms. The van der Waals surface area contributed by atoms with Crippen molar-refractivity contribution in [2.75, 3.05) is 11.1 Å². The highest BCUT2D eigenvalue weighted by molar-refractivity contribution is 5.84. The highest BCUT2D eigenvalue weighted by Crippen LogP contribution is 2.23. The van der Waals surface area contributed by atoms with Gasteiger partial charge in [-0.1, -0.05) is 12.1 Å². The molecule has 21 heavy (non-hydrogen) atoms. The third kappa shape index (κ3) is 4.49. The number of pyridine rings is 1. The van der Waals surface area contributed by atoms with Gasteiger partial charge in [0.05, 0.1) is 0 Å². The third-order valence-electron chi connectivity index (χ3n) is 2.61. The molecule has 110 valence electrons. The maximum atomic E-state index is 11.7. The zero-order chi connectivity index (χ0) is 15.5. The van der Waals surface area contributed by atoms with Gasteiger partial charge in [0.25, 0.3) is 0 Å². The molecule has 2 aromatic rings. The number of anilines is 2. The second-order valence-electron chi connectivity index (χ2n) is 5.68. The molecule has 1 aromatic carbocycles. The van der Waals surface area contributed by atoms with Gasteiger partial charge in [0.1, 0.15) is 11.4 Å². The van der Waals surface area contributed by atoms with Crippen LogP contribution in [0.2, 0.25) is 0 Å². The molecule has 0 spiro atoms. The van der Waals surface area contributed by atoms with Crippen molar-refractivity contribution in [2.24, 2.45) is 0 Å². The first-order valence-corrected chi connectivity index (χ1v) is 6.65. The van der Waals surface area contributed by atoms with Crippen molar-refractivity contribution >= 4 is 17.6 Å². The van der Waals surface area contributed by atoms with E-state index in [4.69, 9.17) is 10.5 Å². The number of carbonyl (C=O) groups excluding carboxylic acids is 1. The Morgan fingerprint density at radius 3 is 2.57 bits per heavy atom. The largest absolute Gasteiger partial charge is 0.444 e. The van der Waals surface area contributed by atoms with Gasteiger partial charge in [-0.15, -0.1) is 0 Å². The van der Waals surface area contributed by atoms with E-state index in [1.807, 2.05) is 51.1 Å². The Kier molecular flexibility index (Phi) is 4.12. The molecule has 0 aliphatic carbocycles. The Hall–Kier alpha value is -2.56. The molecule has 2 rings (SSSR count). The number of benzene rings is 1. The summed E-state index contributed by atoms with van der Waals surface area (Å²) in [6, 6.07) is 11.2. The lowest BCUT2D eigenvalue weighted by Crippen LogP contribution is -2.27. The molecule has 0 saturated heterocycles. The fraction of sp³-hybridized carbons (Fsp3) is 0.250. The number of ether oxygens (including phenoxy) is 1. The summed E-state index contributed by atoms with van der Waals surface area (Å²) in [5.41, 5.74) is 7.80. The van der Waals surface area contributed by atoms with Crippen LogP contribution in [0.15, 0.2) is 42.6 Å². The van der Waals surface area contributed by atoms with E-state index in [0.29, 0.717) is 11.5 Å². The number of amides is 1. The molecule has 0 aliphatic heterocycles. The van der Waals surface area contributed by atoms with Crippen LogP contribution in [0.5, 0.6) is 0 Å². The molecule has 1 heterocycles. The lowest BCUT2D eigenvalue weighted by atomic mass is 10.1. The van der Waals surface area contributed by atoms with Crippen molar-refractivity contribution in [3.8, 4) is 11.1 Å². The molecule has 0 bridgehead atoms.